The number of nitrogens with zero attached hydrogens (tertiary/aromatic N) is 4. The summed E-state index contributed by atoms with van der Waals surface area (Å²) in [5, 5.41) is 8.55. The number of amidine groups is 1. The van der Waals surface area contributed by atoms with E-state index in [0.29, 0.717) is 0 Å². The SMILES string of the molecule is c1ccc(C2=NNC(c3ccccc3)N2c2ccc(-n3ccc4c3ccc3c5ccccc5n(-c5ccccc5)c34)cc2)cc1. The average Bonchev–Trinajstić information content (AvgIpc) is 3.84. The normalized spacial score (nSPS) is 14.7. The molecule has 45 heavy (non-hydrogen) atoms. The summed E-state index contributed by atoms with van der Waals surface area (Å²) in [5.74, 6) is 0.903. The molecule has 5 nitrogen and oxygen atoms in total. The third-order valence-electron chi connectivity index (χ3n) is 8.85. The molecule has 1 unspecified atom stereocenters. The predicted octanol–water partition coefficient (Wildman–Crippen LogP) is 9.20. The minimum Gasteiger partial charge on any atom is -0.316 e. The van der Waals surface area contributed by atoms with Gasteiger partial charge in [-0.2, -0.15) is 5.10 Å². The molecule has 5 heteroatoms. The summed E-state index contributed by atoms with van der Waals surface area (Å²) in [4.78, 5) is 2.28. The topological polar surface area (TPSA) is 37.5 Å². The van der Waals surface area contributed by atoms with Crippen molar-refractivity contribution >= 4 is 44.2 Å². The van der Waals surface area contributed by atoms with Crippen LogP contribution < -0.4 is 10.3 Å². The van der Waals surface area contributed by atoms with Gasteiger partial charge in [0.05, 0.1) is 16.6 Å². The zero-order chi connectivity index (χ0) is 29.7. The number of hydrogen-bond acceptors (Lipinski definition) is 3. The van der Waals surface area contributed by atoms with Gasteiger partial charge in [-0.25, -0.2) is 0 Å². The van der Waals surface area contributed by atoms with E-state index in [2.05, 4.69) is 171 Å². The smallest absolute Gasteiger partial charge is 0.162 e. The summed E-state index contributed by atoms with van der Waals surface area (Å²) in [6.07, 6.45) is 2.08. The first-order valence-electron chi connectivity index (χ1n) is 15.3. The molecule has 0 saturated heterocycles. The zero-order valence-electron chi connectivity index (χ0n) is 24.5. The van der Waals surface area contributed by atoms with Gasteiger partial charge in [0, 0.05) is 45.0 Å². The Labute approximate surface area is 260 Å². The predicted molar refractivity (Wildman–Crippen MR) is 185 cm³/mol. The lowest BCUT2D eigenvalue weighted by molar-refractivity contribution is 0.617. The second-order valence-corrected chi connectivity index (χ2v) is 11.4. The molecular weight excluding hydrogens is 550 g/mol. The molecule has 1 N–H and O–H groups in total. The van der Waals surface area contributed by atoms with Crippen LogP contribution in [0.3, 0.4) is 0 Å². The first-order valence-corrected chi connectivity index (χ1v) is 15.3. The summed E-state index contributed by atoms with van der Waals surface area (Å²) in [7, 11) is 0. The molecule has 9 rings (SSSR count). The molecule has 0 amide bonds. The van der Waals surface area contributed by atoms with Crippen molar-refractivity contribution in [2.24, 2.45) is 5.10 Å². The highest BCUT2D eigenvalue weighted by atomic mass is 15.5. The number of benzene rings is 6. The maximum atomic E-state index is 4.80. The molecule has 8 aromatic rings. The highest BCUT2D eigenvalue weighted by Gasteiger charge is 2.31. The molecule has 3 heterocycles. The number of hydrazone groups is 1. The summed E-state index contributed by atoms with van der Waals surface area (Å²) < 4.78 is 4.68. The number of nitrogens with one attached hydrogen (secondary N) is 1. The lowest BCUT2D eigenvalue weighted by atomic mass is 10.1. The lowest BCUT2D eigenvalue weighted by Crippen LogP contribution is -2.33. The van der Waals surface area contributed by atoms with Crippen LogP contribution in [0.1, 0.15) is 17.3 Å². The van der Waals surface area contributed by atoms with Crippen LogP contribution in [0.2, 0.25) is 0 Å². The zero-order valence-corrected chi connectivity index (χ0v) is 24.5. The van der Waals surface area contributed by atoms with Gasteiger partial charge >= 0.3 is 0 Å². The van der Waals surface area contributed by atoms with Crippen LogP contribution in [0, 0.1) is 0 Å². The second-order valence-electron chi connectivity index (χ2n) is 11.4. The monoisotopic (exact) mass is 579 g/mol. The minimum absolute atomic E-state index is 0.104. The third kappa shape index (κ3) is 4.05. The van der Waals surface area contributed by atoms with E-state index < -0.39 is 0 Å². The molecule has 214 valence electrons. The van der Waals surface area contributed by atoms with Crippen LogP contribution >= 0.6 is 0 Å². The maximum absolute atomic E-state index is 4.80. The molecule has 0 bridgehead atoms. The molecule has 1 atom stereocenters. The van der Waals surface area contributed by atoms with Gasteiger partial charge in [-0.05, 0) is 60.2 Å². The van der Waals surface area contributed by atoms with Gasteiger partial charge in [0.25, 0.3) is 0 Å². The van der Waals surface area contributed by atoms with Crippen molar-refractivity contribution < 1.29 is 0 Å². The quantitative estimate of drug-likeness (QED) is 0.221. The van der Waals surface area contributed by atoms with Gasteiger partial charge in [0.2, 0.25) is 0 Å². The fourth-order valence-corrected chi connectivity index (χ4v) is 6.80. The number of hydrogen-bond donors (Lipinski definition) is 1. The van der Waals surface area contributed by atoms with Crippen molar-refractivity contribution in [3.05, 3.63) is 175 Å². The van der Waals surface area contributed by atoms with Crippen molar-refractivity contribution in [2.75, 3.05) is 4.90 Å². The standard InChI is InChI=1S/C40H29N5/c1-4-12-28(13-5-1)39-41-42-40(29-14-6-2-7-15-29)45(39)32-22-20-30(21-23-32)43-27-26-35-36(43)25-24-34-33-18-10-11-19-37(33)44(38(34)35)31-16-8-3-9-17-31/h1-27,39,41H. The van der Waals surface area contributed by atoms with Gasteiger partial charge < -0.3 is 9.13 Å². The van der Waals surface area contributed by atoms with Crippen LogP contribution in [-0.4, -0.2) is 15.0 Å². The Morgan fingerprint density at radius 1 is 0.489 bits per heavy atom. The van der Waals surface area contributed by atoms with E-state index in [1.54, 1.807) is 0 Å². The van der Waals surface area contributed by atoms with Crippen molar-refractivity contribution in [3.8, 4) is 11.4 Å². The molecule has 0 spiro atoms. The first-order chi connectivity index (χ1) is 22.3. The van der Waals surface area contributed by atoms with Gasteiger partial charge in [-0.15, -0.1) is 0 Å². The Hall–Kier alpha value is -6.07. The second kappa shape index (κ2) is 10.3. The van der Waals surface area contributed by atoms with Crippen molar-refractivity contribution in [2.45, 2.75) is 6.17 Å². The third-order valence-corrected chi connectivity index (χ3v) is 8.85. The summed E-state index contributed by atoms with van der Waals surface area (Å²) >= 11 is 0. The van der Waals surface area contributed by atoms with Crippen molar-refractivity contribution in [1.29, 1.82) is 0 Å². The molecule has 2 aromatic heterocycles. The Morgan fingerprint density at radius 2 is 1.16 bits per heavy atom. The highest BCUT2D eigenvalue weighted by Crippen LogP contribution is 2.38. The number of fused-ring (bicyclic) bond motifs is 5. The highest BCUT2D eigenvalue weighted by molar-refractivity contribution is 6.18. The molecule has 0 aliphatic carbocycles. The van der Waals surface area contributed by atoms with E-state index in [-0.39, 0.29) is 6.17 Å². The van der Waals surface area contributed by atoms with Gasteiger partial charge in [0.15, 0.2) is 5.84 Å². The number of anilines is 1. The first kappa shape index (κ1) is 25.4. The molecule has 0 radical (unpaired) electrons. The number of rotatable bonds is 5. The average molecular weight is 580 g/mol. The van der Waals surface area contributed by atoms with Gasteiger partial charge in [-0.3, -0.25) is 10.3 Å². The van der Waals surface area contributed by atoms with E-state index in [1.165, 1.54) is 32.7 Å². The Balaban J connectivity index is 1.16. The molecule has 6 aromatic carbocycles. The van der Waals surface area contributed by atoms with Crippen molar-refractivity contribution in [3.63, 3.8) is 0 Å². The fourth-order valence-electron chi connectivity index (χ4n) is 6.80. The Kier molecular flexibility index (Phi) is 5.81. The number of para-hydroxylation sites is 2. The van der Waals surface area contributed by atoms with Crippen LogP contribution in [0.4, 0.5) is 5.69 Å². The molecule has 0 fully saturated rings. The molecule has 1 aliphatic rings. The van der Waals surface area contributed by atoms with Gasteiger partial charge in [0.1, 0.15) is 6.17 Å². The summed E-state index contributed by atoms with van der Waals surface area (Å²) in [6.45, 7) is 0. The molecule has 0 saturated carbocycles. The van der Waals surface area contributed by atoms with E-state index in [4.69, 9.17) is 5.10 Å². The van der Waals surface area contributed by atoms with Crippen molar-refractivity contribution in [1.82, 2.24) is 14.6 Å². The summed E-state index contributed by atoms with van der Waals surface area (Å²) in [5.41, 5.74) is 12.6. The van der Waals surface area contributed by atoms with E-state index >= 15 is 0 Å². The van der Waals surface area contributed by atoms with Crippen LogP contribution in [0.5, 0.6) is 0 Å². The number of aromatic nitrogens is 2. The van der Waals surface area contributed by atoms with E-state index in [1.807, 2.05) is 12.1 Å². The Bertz CT molecular complexity index is 2330. The van der Waals surface area contributed by atoms with Crippen LogP contribution in [-0.2, 0) is 0 Å². The molecule has 1 aliphatic heterocycles. The summed E-state index contributed by atoms with van der Waals surface area (Å²) in [6, 6.07) is 55.8. The van der Waals surface area contributed by atoms with E-state index in [9.17, 15) is 0 Å². The largest absolute Gasteiger partial charge is 0.316 e. The van der Waals surface area contributed by atoms with E-state index in [0.717, 1.165) is 34.0 Å². The maximum Gasteiger partial charge on any atom is 0.162 e. The molecular formula is C40H29N5. The van der Waals surface area contributed by atoms with Gasteiger partial charge in [-0.1, -0.05) is 103 Å². The Morgan fingerprint density at radius 3 is 1.93 bits per heavy atom. The lowest BCUT2D eigenvalue weighted by Gasteiger charge is -2.28. The fraction of sp³-hybridized carbons (Fsp3) is 0.0250. The minimum atomic E-state index is -0.104. The van der Waals surface area contributed by atoms with Crippen LogP contribution in [0.15, 0.2) is 169 Å². The van der Waals surface area contributed by atoms with Crippen LogP contribution in [0.25, 0.3) is 44.1 Å².